The van der Waals surface area contributed by atoms with Crippen molar-refractivity contribution >= 4 is 15.9 Å². The molecule has 2 aromatic rings. The number of amides is 1. The van der Waals surface area contributed by atoms with E-state index in [-0.39, 0.29) is 10.6 Å². The number of carbonyl (C=O) groups is 1. The van der Waals surface area contributed by atoms with Crippen LogP contribution in [0.3, 0.4) is 0 Å². The van der Waals surface area contributed by atoms with Crippen LogP contribution in [0.5, 0.6) is 5.75 Å². The number of sulfonamides is 1. The number of ether oxygens (including phenoxy) is 1. The number of hydrazine groups is 1. The molecule has 0 radical (unpaired) electrons. The molecule has 0 heterocycles. The lowest BCUT2D eigenvalue weighted by Gasteiger charge is -2.11. The summed E-state index contributed by atoms with van der Waals surface area (Å²) in [7, 11) is -4.13. The van der Waals surface area contributed by atoms with Crippen molar-refractivity contribution in [1.29, 1.82) is 0 Å². The highest BCUT2D eigenvalue weighted by Gasteiger charge is 2.30. The van der Waals surface area contributed by atoms with Crippen LogP contribution >= 0.6 is 0 Å². The highest BCUT2D eigenvalue weighted by Crippen LogP contribution is 2.31. The highest BCUT2D eigenvalue weighted by atomic mass is 32.2. The van der Waals surface area contributed by atoms with Gasteiger partial charge in [-0.25, -0.2) is 12.8 Å². The van der Waals surface area contributed by atoms with Gasteiger partial charge in [0.2, 0.25) is 0 Å². The molecule has 0 bridgehead atoms. The summed E-state index contributed by atoms with van der Waals surface area (Å²) in [5.41, 5.74) is 0.882. The minimum Gasteiger partial charge on any atom is -0.484 e. The van der Waals surface area contributed by atoms with E-state index in [9.17, 15) is 30.8 Å². The molecule has 0 saturated heterocycles. The summed E-state index contributed by atoms with van der Waals surface area (Å²) in [6.07, 6.45) is -4.56. The monoisotopic (exact) mass is 392 g/mol. The molecule has 1 amide bonds. The maximum absolute atomic E-state index is 12.8. The van der Waals surface area contributed by atoms with Crippen molar-refractivity contribution < 1.29 is 35.5 Å². The summed E-state index contributed by atoms with van der Waals surface area (Å²) in [5, 5.41) is 0. The van der Waals surface area contributed by atoms with Gasteiger partial charge < -0.3 is 4.74 Å². The Morgan fingerprint density at radius 1 is 1.08 bits per heavy atom. The first-order valence-electron chi connectivity index (χ1n) is 6.94. The molecular formula is C15H12F4N2O4S. The topological polar surface area (TPSA) is 84.5 Å². The molecule has 0 aliphatic carbocycles. The third kappa shape index (κ3) is 5.43. The summed E-state index contributed by atoms with van der Waals surface area (Å²) in [5.74, 6) is -1.80. The Morgan fingerprint density at radius 3 is 2.35 bits per heavy atom. The third-order valence-corrected chi connectivity index (χ3v) is 4.24. The average Bonchev–Trinajstić information content (AvgIpc) is 2.58. The van der Waals surface area contributed by atoms with Crippen LogP contribution in [0.1, 0.15) is 5.56 Å². The summed E-state index contributed by atoms with van der Waals surface area (Å²) in [4.78, 5) is 13.0. The molecule has 0 unspecified atom stereocenters. The van der Waals surface area contributed by atoms with Gasteiger partial charge in [-0.1, -0.05) is 6.07 Å². The van der Waals surface area contributed by atoms with E-state index in [0.29, 0.717) is 6.07 Å². The standard InChI is InChI=1S/C15H12F4N2O4S/c16-11-4-6-13(7-5-11)26(23,24)21-20-14(22)9-25-12-3-1-2-10(8-12)15(17,18)19/h1-8,21H,9H2,(H,20,22). The van der Waals surface area contributed by atoms with Crippen LogP contribution in [-0.2, 0) is 21.0 Å². The van der Waals surface area contributed by atoms with Gasteiger partial charge in [-0.05, 0) is 42.5 Å². The number of hydrogen-bond acceptors (Lipinski definition) is 4. The van der Waals surface area contributed by atoms with Gasteiger partial charge in [0.15, 0.2) is 6.61 Å². The van der Waals surface area contributed by atoms with Crippen molar-refractivity contribution in [2.45, 2.75) is 11.1 Å². The van der Waals surface area contributed by atoms with Crippen molar-refractivity contribution in [3.8, 4) is 5.75 Å². The fourth-order valence-corrected chi connectivity index (χ4v) is 2.60. The maximum Gasteiger partial charge on any atom is 0.416 e. The highest BCUT2D eigenvalue weighted by molar-refractivity contribution is 7.89. The Kier molecular flexibility index (Phi) is 5.83. The minimum atomic E-state index is -4.56. The lowest BCUT2D eigenvalue weighted by atomic mass is 10.2. The Labute approximate surface area is 145 Å². The van der Waals surface area contributed by atoms with Gasteiger partial charge in [-0.2, -0.15) is 13.2 Å². The number of nitrogens with one attached hydrogen (secondary N) is 2. The van der Waals surface area contributed by atoms with Crippen LogP contribution in [0.4, 0.5) is 17.6 Å². The van der Waals surface area contributed by atoms with E-state index in [1.165, 1.54) is 6.07 Å². The molecule has 0 aliphatic heterocycles. The van der Waals surface area contributed by atoms with Crippen molar-refractivity contribution in [3.63, 3.8) is 0 Å². The molecule has 0 aromatic heterocycles. The molecule has 2 N–H and O–H groups in total. The summed E-state index contributed by atoms with van der Waals surface area (Å²) >= 11 is 0. The lowest BCUT2D eigenvalue weighted by molar-refractivity contribution is -0.137. The van der Waals surface area contributed by atoms with E-state index < -0.39 is 40.1 Å². The van der Waals surface area contributed by atoms with E-state index in [1.807, 2.05) is 5.43 Å². The van der Waals surface area contributed by atoms with Crippen molar-refractivity contribution in [3.05, 3.63) is 59.9 Å². The minimum absolute atomic E-state index is 0.212. The molecule has 0 fully saturated rings. The number of alkyl halides is 3. The average molecular weight is 392 g/mol. The van der Waals surface area contributed by atoms with Gasteiger partial charge in [-0.3, -0.25) is 10.2 Å². The molecule has 26 heavy (non-hydrogen) atoms. The van der Waals surface area contributed by atoms with Gasteiger partial charge in [0, 0.05) is 0 Å². The Bertz CT molecular complexity index is 883. The second-order valence-electron chi connectivity index (χ2n) is 4.92. The number of carbonyl (C=O) groups excluding carboxylic acids is 1. The normalized spacial score (nSPS) is 11.8. The van der Waals surface area contributed by atoms with Crippen LogP contribution in [0.2, 0.25) is 0 Å². The molecule has 0 spiro atoms. The lowest BCUT2D eigenvalue weighted by Crippen LogP contribution is -2.43. The SMILES string of the molecule is O=C(COc1cccc(C(F)(F)F)c1)NNS(=O)(=O)c1ccc(F)cc1. The van der Waals surface area contributed by atoms with Gasteiger partial charge in [0.1, 0.15) is 11.6 Å². The zero-order valence-corrected chi connectivity index (χ0v) is 13.7. The predicted molar refractivity (Wildman–Crippen MR) is 81.8 cm³/mol. The van der Waals surface area contributed by atoms with E-state index in [1.54, 1.807) is 4.83 Å². The number of halogens is 4. The van der Waals surface area contributed by atoms with Gasteiger partial charge >= 0.3 is 6.18 Å². The third-order valence-electron chi connectivity index (χ3n) is 2.98. The maximum atomic E-state index is 12.8. The van der Waals surface area contributed by atoms with Crippen LogP contribution in [0.15, 0.2) is 53.4 Å². The first kappa shape index (κ1) is 19.7. The summed E-state index contributed by atoms with van der Waals surface area (Å²) in [6.45, 7) is -0.729. The molecule has 0 atom stereocenters. The van der Waals surface area contributed by atoms with E-state index in [0.717, 1.165) is 36.4 Å². The van der Waals surface area contributed by atoms with Crippen LogP contribution in [0, 0.1) is 5.82 Å². The Hall–Kier alpha value is -2.66. The Balaban J connectivity index is 1.90. The van der Waals surface area contributed by atoms with Gasteiger partial charge in [0.25, 0.3) is 15.9 Å². The second-order valence-corrected chi connectivity index (χ2v) is 6.60. The molecule has 11 heteroatoms. The molecule has 140 valence electrons. The molecule has 2 rings (SSSR count). The largest absolute Gasteiger partial charge is 0.484 e. The van der Waals surface area contributed by atoms with Crippen LogP contribution < -0.4 is 15.0 Å². The number of hydrogen-bond donors (Lipinski definition) is 2. The quantitative estimate of drug-likeness (QED) is 0.583. The van der Waals surface area contributed by atoms with Gasteiger partial charge in [-0.15, -0.1) is 4.83 Å². The molecule has 0 aliphatic rings. The fraction of sp³-hybridized carbons (Fsp3) is 0.133. The first-order chi connectivity index (χ1) is 12.1. The summed E-state index contributed by atoms with van der Waals surface area (Å²) in [6, 6.07) is 7.68. The Morgan fingerprint density at radius 2 is 1.73 bits per heavy atom. The van der Waals surface area contributed by atoms with Gasteiger partial charge in [0.05, 0.1) is 10.5 Å². The zero-order valence-electron chi connectivity index (χ0n) is 12.9. The van der Waals surface area contributed by atoms with Crippen LogP contribution in [-0.4, -0.2) is 20.9 Å². The smallest absolute Gasteiger partial charge is 0.416 e. The summed E-state index contributed by atoms with van der Waals surface area (Å²) < 4.78 is 79.1. The van der Waals surface area contributed by atoms with Crippen molar-refractivity contribution in [2.75, 3.05) is 6.61 Å². The van der Waals surface area contributed by atoms with E-state index in [4.69, 9.17) is 4.74 Å². The molecule has 0 saturated carbocycles. The molecular weight excluding hydrogens is 380 g/mol. The van der Waals surface area contributed by atoms with E-state index >= 15 is 0 Å². The zero-order chi connectivity index (χ0) is 19.4. The fourth-order valence-electron chi connectivity index (χ4n) is 1.74. The van der Waals surface area contributed by atoms with Crippen molar-refractivity contribution in [1.82, 2.24) is 10.3 Å². The molecule has 2 aromatic carbocycles. The second kappa shape index (κ2) is 7.70. The van der Waals surface area contributed by atoms with Crippen LogP contribution in [0.25, 0.3) is 0 Å². The number of rotatable bonds is 6. The van der Waals surface area contributed by atoms with E-state index in [2.05, 4.69) is 0 Å². The first-order valence-corrected chi connectivity index (χ1v) is 8.42. The van der Waals surface area contributed by atoms with Crippen molar-refractivity contribution in [2.24, 2.45) is 0 Å². The molecule has 6 nitrogen and oxygen atoms in total. The number of benzene rings is 2. The predicted octanol–water partition coefficient (Wildman–Crippen LogP) is 2.23.